The predicted octanol–water partition coefficient (Wildman–Crippen LogP) is 1.23. The topological polar surface area (TPSA) is 70.7 Å². The minimum absolute atomic E-state index is 0.0742. The molecule has 6 nitrogen and oxygen atoms in total. The van der Waals surface area contributed by atoms with Crippen molar-refractivity contribution in [3.8, 4) is 0 Å². The van der Waals surface area contributed by atoms with Crippen LogP contribution in [0.5, 0.6) is 0 Å². The molecule has 0 aromatic heterocycles. The van der Waals surface area contributed by atoms with Gasteiger partial charge >= 0.3 is 0 Å². The molecule has 2 amide bonds. The fourth-order valence-electron chi connectivity index (χ4n) is 3.50. The van der Waals surface area contributed by atoms with Gasteiger partial charge in [0.2, 0.25) is 5.91 Å². The number of carbonyl (C=O) groups excluding carboxylic acids is 2. The van der Waals surface area contributed by atoms with Gasteiger partial charge in [-0.25, -0.2) is 0 Å². The predicted molar refractivity (Wildman–Crippen MR) is 95.0 cm³/mol. The van der Waals surface area contributed by atoms with E-state index < -0.39 is 12.1 Å². The zero-order valence-electron chi connectivity index (χ0n) is 14.6. The van der Waals surface area contributed by atoms with Gasteiger partial charge in [0.15, 0.2) is 6.10 Å². The van der Waals surface area contributed by atoms with Crippen molar-refractivity contribution in [2.45, 2.75) is 37.8 Å². The van der Waals surface area contributed by atoms with Gasteiger partial charge in [0.05, 0.1) is 6.04 Å². The molecule has 136 valence electrons. The molecule has 3 rings (SSSR count). The number of piperidine rings is 1. The van der Waals surface area contributed by atoms with Crippen LogP contribution in [0.3, 0.4) is 0 Å². The summed E-state index contributed by atoms with van der Waals surface area (Å²) in [5.74, 6) is -0.351. The van der Waals surface area contributed by atoms with E-state index in [-0.39, 0.29) is 18.4 Å². The van der Waals surface area contributed by atoms with E-state index >= 15 is 0 Å². The molecule has 2 N–H and O–H groups in total. The van der Waals surface area contributed by atoms with Gasteiger partial charge in [-0.1, -0.05) is 36.8 Å². The van der Waals surface area contributed by atoms with Gasteiger partial charge in [-0.3, -0.25) is 9.59 Å². The summed E-state index contributed by atoms with van der Waals surface area (Å²) >= 11 is 0. The first-order chi connectivity index (χ1) is 12.2. The van der Waals surface area contributed by atoms with E-state index in [1.165, 1.54) is 32.4 Å². The van der Waals surface area contributed by atoms with Crippen LogP contribution in [-0.2, 0) is 14.3 Å². The molecule has 2 aliphatic heterocycles. The first kappa shape index (κ1) is 17.9. The molecule has 0 saturated carbocycles. The first-order valence-corrected chi connectivity index (χ1v) is 9.20. The lowest BCUT2D eigenvalue weighted by Crippen LogP contribution is -2.52. The highest BCUT2D eigenvalue weighted by molar-refractivity contribution is 5.86. The lowest BCUT2D eigenvalue weighted by Gasteiger charge is -2.32. The molecule has 0 aliphatic carbocycles. The van der Waals surface area contributed by atoms with Gasteiger partial charge in [0, 0.05) is 6.54 Å². The molecule has 2 aliphatic rings. The number of hydrogen-bond donors (Lipinski definition) is 2. The number of benzene rings is 1. The van der Waals surface area contributed by atoms with E-state index in [0.717, 1.165) is 18.5 Å². The molecule has 1 aromatic carbocycles. The van der Waals surface area contributed by atoms with Crippen molar-refractivity contribution in [3.05, 3.63) is 35.9 Å². The Morgan fingerprint density at radius 1 is 1.20 bits per heavy atom. The van der Waals surface area contributed by atoms with Crippen molar-refractivity contribution in [2.24, 2.45) is 0 Å². The molecule has 0 bridgehead atoms. The third-order valence-electron chi connectivity index (χ3n) is 4.83. The van der Waals surface area contributed by atoms with Gasteiger partial charge < -0.3 is 20.3 Å². The van der Waals surface area contributed by atoms with Crippen LogP contribution in [0, 0.1) is 0 Å². The Bertz CT molecular complexity index is 573. The second kappa shape index (κ2) is 8.97. The van der Waals surface area contributed by atoms with Crippen molar-refractivity contribution < 1.29 is 14.3 Å². The Hall–Kier alpha value is -1.92. The van der Waals surface area contributed by atoms with Gasteiger partial charge in [-0.15, -0.1) is 0 Å². The van der Waals surface area contributed by atoms with Crippen LogP contribution in [0.1, 0.15) is 37.3 Å². The van der Waals surface area contributed by atoms with Gasteiger partial charge in [-0.05, 0) is 44.5 Å². The molecule has 2 saturated heterocycles. The average molecular weight is 345 g/mol. The number of likely N-dealkylation sites (tertiary alicyclic amines) is 1. The molecule has 2 heterocycles. The number of hydrogen-bond acceptors (Lipinski definition) is 4. The van der Waals surface area contributed by atoms with E-state index in [4.69, 9.17) is 4.74 Å². The van der Waals surface area contributed by atoms with E-state index in [2.05, 4.69) is 15.5 Å². The van der Waals surface area contributed by atoms with Crippen LogP contribution in [0.15, 0.2) is 30.3 Å². The van der Waals surface area contributed by atoms with Crippen LogP contribution in [0.4, 0.5) is 0 Å². The van der Waals surface area contributed by atoms with Crippen LogP contribution in [-0.4, -0.2) is 55.6 Å². The molecule has 6 heteroatoms. The lowest BCUT2D eigenvalue weighted by molar-refractivity contribution is -0.148. The number of carbonyl (C=O) groups is 2. The first-order valence-electron chi connectivity index (χ1n) is 9.20. The minimum Gasteiger partial charge on any atom is -0.356 e. The van der Waals surface area contributed by atoms with Crippen molar-refractivity contribution in [3.63, 3.8) is 0 Å². The van der Waals surface area contributed by atoms with Gasteiger partial charge in [-0.2, -0.15) is 0 Å². The number of nitrogens with zero attached hydrogens (tertiary/aromatic N) is 1. The van der Waals surface area contributed by atoms with Gasteiger partial charge in [0.25, 0.3) is 5.91 Å². The summed E-state index contributed by atoms with van der Waals surface area (Å²) < 4.78 is 5.53. The number of ether oxygens (including phenoxy) is 1. The molecule has 0 spiro atoms. The van der Waals surface area contributed by atoms with E-state index in [9.17, 15) is 9.59 Å². The Kier molecular flexibility index (Phi) is 6.42. The standard InChI is InChI=1S/C19H27N3O3/c23-16-14-25-18(17(21-16)15-8-3-1-4-9-15)19(24)20-10-7-13-22-11-5-2-6-12-22/h1,3-4,8-9,17-18H,2,5-7,10-14H2,(H,20,24)(H,21,23)/t17-,18+/m0/s1. The van der Waals surface area contributed by atoms with E-state index in [0.29, 0.717) is 6.54 Å². The highest BCUT2D eigenvalue weighted by atomic mass is 16.5. The Labute approximate surface area is 148 Å². The Morgan fingerprint density at radius 3 is 2.72 bits per heavy atom. The monoisotopic (exact) mass is 345 g/mol. The van der Waals surface area contributed by atoms with E-state index in [1.54, 1.807) is 0 Å². The number of nitrogens with one attached hydrogen (secondary N) is 2. The maximum absolute atomic E-state index is 12.5. The molecule has 2 atom stereocenters. The van der Waals surface area contributed by atoms with Crippen LogP contribution in [0.2, 0.25) is 0 Å². The summed E-state index contributed by atoms with van der Waals surface area (Å²) in [7, 11) is 0. The average Bonchev–Trinajstić information content (AvgIpc) is 2.66. The van der Waals surface area contributed by atoms with Crippen LogP contribution >= 0.6 is 0 Å². The van der Waals surface area contributed by atoms with Crippen LogP contribution < -0.4 is 10.6 Å². The molecule has 25 heavy (non-hydrogen) atoms. The highest BCUT2D eigenvalue weighted by Crippen LogP contribution is 2.22. The fraction of sp³-hybridized carbons (Fsp3) is 0.579. The Morgan fingerprint density at radius 2 is 1.96 bits per heavy atom. The summed E-state index contributed by atoms with van der Waals surface area (Å²) in [6, 6.07) is 9.05. The van der Waals surface area contributed by atoms with E-state index in [1.807, 2.05) is 30.3 Å². The molecular weight excluding hydrogens is 318 g/mol. The zero-order valence-corrected chi connectivity index (χ0v) is 14.6. The molecule has 0 radical (unpaired) electrons. The normalized spacial score (nSPS) is 24.6. The maximum atomic E-state index is 12.5. The third kappa shape index (κ3) is 5.03. The molecule has 0 unspecified atom stereocenters. The van der Waals surface area contributed by atoms with Crippen LogP contribution in [0.25, 0.3) is 0 Å². The zero-order chi connectivity index (χ0) is 17.5. The third-order valence-corrected chi connectivity index (χ3v) is 4.83. The number of amides is 2. The quantitative estimate of drug-likeness (QED) is 0.761. The van der Waals surface area contributed by atoms with Crippen molar-refractivity contribution in [1.82, 2.24) is 15.5 Å². The van der Waals surface area contributed by atoms with Crippen molar-refractivity contribution in [2.75, 3.05) is 32.8 Å². The second-order valence-electron chi connectivity index (χ2n) is 6.73. The Balaban J connectivity index is 1.49. The summed E-state index contributed by atoms with van der Waals surface area (Å²) in [4.78, 5) is 26.7. The number of morpholine rings is 1. The summed E-state index contributed by atoms with van der Waals surface area (Å²) in [6.07, 6.45) is 4.14. The summed E-state index contributed by atoms with van der Waals surface area (Å²) in [5, 5.41) is 5.84. The molecular formula is C19H27N3O3. The summed E-state index contributed by atoms with van der Waals surface area (Å²) in [6.45, 7) is 3.91. The van der Waals surface area contributed by atoms with Gasteiger partial charge in [0.1, 0.15) is 6.61 Å². The minimum atomic E-state index is -0.685. The lowest BCUT2D eigenvalue weighted by atomic mass is 9.99. The fourth-order valence-corrected chi connectivity index (χ4v) is 3.50. The molecule has 1 aromatic rings. The smallest absolute Gasteiger partial charge is 0.251 e. The summed E-state index contributed by atoms with van der Waals surface area (Å²) in [5.41, 5.74) is 0.879. The largest absolute Gasteiger partial charge is 0.356 e. The van der Waals surface area contributed by atoms with Crippen molar-refractivity contribution in [1.29, 1.82) is 0 Å². The number of rotatable bonds is 6. The SMILES string of the molecule is O=C1CO[C@@H](C(=O)NCCCN2CCCCC2)[C@H](c2ccccc2)N1. The molecule has 2 fully saturated rings. The highest BCUT2D eigenvalue weighted by Gasteiger charge is 2.35. The second-order valence-corrected chi connectivity index (χ2v) is 6.73. The maximum Gasteiger partial charge on any atom is 0.251 e. The van der Waals surface area contributed by atoms with Crippen molar-refractivity contribution >= 4 is 11.8 Å².